The maximum Gasteiger partial charge on any atom is 0.310 e. The number of amides is 1. The summed E-state index contributed by atoms with van der Waals surface area (Å²) in [6, 6.07) is 7.04. The number of nitrogens with one attached hydrogen (secondary N) is 2. The Morgan fingerprint density at radius 3 is 2.82 bits per heavy atom. The highest BCUT2D eigenvalue weighted by Gasteiger charge is 2.21. The molecule has 0 fully saturated rings. The highest BCUT2D eigenvalue weighted by atomic mass is 16.5. The fraction of sp³-hybridized carbons (Fsp3) is 0.294. The van der Waals surface area contributed by atoms with Crippen LogP contribution in [0.3, 0.4) is 0 Å². The van der Waals surface area contributed by atoms with Gasteiger partial charge in [0.15, 0.2) is 0 Å². The number of benzene rings is 1. The van der Waals surface area contributed by atoms with E-state index < -0.39 is 6.04 Å². The van der Waals surface area contributed by atoms with Crippen LogP contribution in [0, 0.1) is 12.3 Å². The van der Waals surface area contributed by atoms with Crippen molar-refractivity contribution in [1.29, 1.82) is 0 Å². The summed E-state index contributed by atoms with van der Waals surface area (Å²) < 4.78 is 4.98. The minimum atomic E-state index is -0.394. The van der Waals surface area contributed by atoms with Crippen LogP contribution < -0.4 is 5.32 Å². The Kier molecular flexibility index (Phi) is 4.84. The first kappa shape index (κ1) is 15.6. The van der Waals surface area contributed by atoms with Crippen LogP contribution in [-0.4, -0.2) is 29.5 Å². The van der Waals surface area contributed by atoms with Crippen molar-refractivity contribution in [2.75, 3.05) is 6.61 Å². The Labute approximate surface area is 129 Å². The molecule has 0 aliphatic carbocycles. The predicted octanol–water partition coefficient (Wildman–Crippen LogP) is 2.02. The third-order valence-corrected chi connectivity index (χ3v) is 3.26. The Bertz CT molecular complexity index is 740. The largest absolute Gasteiger partial charge is 0.466 e. The number of carbonyl (C=O) groups is 2. The van der Waals surface area contributed by atoms with Crippen LogP contribution in [0.5, 0.6) is 0 Å². The zero-order valence-electron chi connectivity index (χ0n) is 12.6. The molecule has 0 aliphatic heterocycles. The van der Waals surface area contributed by atoms with E-state index in [-0.39, 0.29) is 18.3 Å². The molecule has 0 saturated carbocycles. The lowest BCUT2D eigenvalue weighted by Gasteiger charge is -2.08. The van der Waals surface area contributed by atoms with E-state index in [4.69, 9.17) is 11.2 Å². The standard InChI is InChI=1S/C17H18N2O3/c1-4-11(3)18-17(21)16-13(10-15(20)22-5-2)12-8-6-7-9-14(12)19-16/h1,6-9,11,19H,5,10H2,2-3H3,(H,18,21)/t11-/m0/s1. The van der Waals surface area contributed by atoms with E-state index in [0.29, 0.717) is 17.9 Å². The van der Waals surface area contributed by atoms with Gasteiger partial charge in [-0.25, -0.2) is 0 Å². The van der Waals surface area contributed by atoms with Gasteiger partial charge in [-0.3, -0.25) is 9.59 Å². The molecule has 5 nitrogen and oxygen atoms in total. The van der Waals surface area contributed by atoms with E-state index in [2.05, 4.69) is 16.2 Å². The maximum absolute atomic E-state index is 12.4. The third-order valence-electron chi connectivity index (χ3n) is 3.26. The number of aromatic amines is 1. The first-order valence-corrected chi connectivity index (χ1v) is 7.09. The van der Waals surface area contributed by atoms with Crippen LogP contribution in [-0.2, 0) is 16.0 Å². The zero-order chi connectivity index (χ0) is 16.1. The number of fused-ring (bicyclic) bond motifs is 1. The van der Waals surface area contributed by atoms with Crippen molar-refractivity contribution in [2.24, 2.45) is 0 Å². The van der Waals surface area contributed by atoms with Crippen molar-refractivity contribution in [2.45, 2.75) is 26.3 Å². The zero-order valence-corrected chi connectivity index (χ0v) is 12.6. The third kappa shape index (κ3) is 3.29. The fourth-order valence-corrected chi connectivity index (χ4v) is 2.24. The van der Waals surface area contributed by atoms with Crippen molar-refractivity contribution in [3.63, 3.8) is 0 Å². The normalized spacial score (nSPS) is 11.7. The first-order chi connectivity index (χ1) is 10.6. The summed E-state index contributed by atoms with van der Waals surface area (Å²) in [5.74, 6) is 1.74. The molecule has 0 aliphatic rings. The van der Waals surface area contributed by atoms with E-state index in [9.17, 15) is 9.59 Å². The van der Waals surface area contributed by atoms with Gasteiger partial charge in [-0.1, -0.05) is 24.1 Å². The summed E-state index contributed by atoms with van der Waals surface area (Å²) in [5.41, 5.74) is 1.76. The smallest absolute Gasteiger partial charge is 0.310 e. The van der Waals surface area contributed by atoms with Crippen LogP contribution in [0.2, 0.25) is 0 Å². The second-order valence-corrected chi connectivity index (χ2v) is 4.87. The van der Waals surface area contributed by atoms with Crippen LogP contribution >= 0.6 is 0 Å². The summed E-state index contributed by atoms with van der Waals surface area (Å²) in [7, 11) is 0. The summed E-state index contributed by atoms with van der Waals surface area (Å²) in [6.45, 7) is 3.76. The molecule has 0 unspecified atom stereocenters. The van der Waals surface area contributed by atoms with E-state index in [0.717, 1.165) is 10.9 Å². The van der Waals surface area contributed by atoms with Gasteiger partial charge in [-0.2, -0.15) is 0 Å². The Balaban J connectivity index is 2.42. The lowest BCUT2D eigenvalue weighted by Crippen LogP contribution is -2.32. The van der Waals surface area contributed by atoms with E-state index in [1.807, 2.05) is 24.3 Å². The molecule has 0 bridgehead atoms. The van der Waals surface area contributed by atoms with E-state index >= 15 is 0 Å². The summed E-state index contributed by atoms with van der Waals surface area (Å²) in [5, 5.41) is 3.52. The van der Waals surface area contributed by atoms with Gasteiger partial charge >= 0.3 is 5.97 Å². The Hall–Kier alpha value is -2.74. The quantitative estimate of drug-likeness (QED) is 0.655. The molecule has 22 heavy (non-hydrogen) atoms. The molecule has 2 aromatic rings. The minimum Gasteiger partial charge on any atom is -0.466 e. The first-order valence-electron chi connectivity index (χ1n) is 7.09. The Morgan fingerprint density at radius 1 is 1.41 bits per heavy atom. The molecule has 1 aromatic carbocycles. The van der Waals surface area contributed by atoms with Gasteiger partial charge in [0.05, 0.1) is 19.1 Å². The number of terminal acetylenes is 1. The summed E-state index contributed by atoms with van der Waals surface area (Å²) in [4.78, 5) is 27.2. The van der Waals surface area contributed by atoms with Crippen molar-refractivity contribution < 1.29 is 14.3 Å². The van der Waals surface area contributed by atoms with Crippen molar-refractivity contribution in [3.8, 4) is 12.3 Å². The average molecular weight is 298 g/mol. The number of ether oxygens (including phenoxy) is 1. The fourth-order valence-electron chi connectivity index (χ4n) is 2.24. The van der Waals surface area contributed by atoms with Gasteiger partial charge in [-0.15, -0.1) is 6.42 Å². The molecule has 0 radical (unpaired) electrons. The second-order valence-electron chi connectivity index (χ2n) is 4.87. The molecule has 2 rings (SSSR count). The van der Waals surface area contributed by atoms with Gasteiger partial charge in [0, 0.05) is 16.5 Å². The van der Waals surface area contributed by atoms with Crippen LogP contribution in [0.25, 0.3) is 10.9 Å². The molecule has 1 amide bonds. The number of esters is 1. The molecule has 0 spiro atoms. The maximum atomic E-state index is 12.4. The van der Waals surface area contributed by atoms with Gasteiger partial charge in [0.25, 0.3) is 5.91 Å². The number of aromatic nitrogens is 1. The number of para-hydroxylation sites is 1. The number of carbonyl (C=O) groups excluding carboxylic acids is 2. The highest BCUT2D eigenvalue weighted by molar-refractivity contribution is 6.02. The monoisotopic (exact) mass is 298 g/mol. The summed E-state index contributed by atoms with van der Waals surface area (Å²) >= 11 is 0. The molecule has 1 aromatic heterocycles. The average Bonchev–Trinajstić information content (AvgIpc) is 2.86. The van der Waals surface area contributed by atoms with E-state index in [1.54, 1.807) is 13.8 Å². The minimum absolute atomic E-state index is 0.0328. The van der Waals surface area contributed by atoms with Crippen molar-refractivity contribution >= 4 is 22.8 Å². The van der Waals surface area contributed by atoms with Gasteiger partial charge in [0.1, 0.15) is 5.69 Å². The topological polar surface area (TPSA) is 71.2 Å². The second kappa shape index (κ2) is 6.81. The number of hydrogen-bond donors (Lipinski definition) is 2. The SMILES string of the molecule is C#C[C@H](C)NC(=O)c1[nH]c2ccccc2c1CC(=O)OCC. The van der Waals surface area contributed by atoms with Crippen molar-refractivity contribution in [3.05, 3.63) is 35.5 Å². The molecule has 1 heterocycles. The predicted molar refractivity (Wildman–Crippen MR) is 84.4 cm³/mol. The summed E-state index contributed by atoms with van der Waals surface area (Å²) in [6.07, 6.45) is 5.32. The number of hydrogen-bond acceptors (Lipinski definition) is 3. The van der Waals surface area contributed by atoms with E-state index in [1.165, 1.54) is 0 Å². The molecule has 0 saturated heterocycles. The van der Waals surface area contributed by atoms with Gasteiger partial charge < -0.3 is 15.0 Å². The number of H-pyrrole nitrogens is 1. The lowest BCUT2D eigenvalue weighted by molar-refractivity contribution is -0.142. The van der Waals surface area contributed by atoms with Crippen molar-refractivity contribution in [1.82, 2.24) is 10.3 Å². The molecular weight excluding hydrogens is 280 g/mol. The number of rotatable bonds is 5. The molecule has 114 valence electrons. The van der Waals surface area contributed by atoms with Crippen LogP contribution in [0.4, 0.5) is 0 Å². The van der Waals surface area contributed by atoms with Crippen LogP contribution in [0.1, 0.15) is 29.9 Å². The molecule has 1 atom stereocenters. The van der Waals surface area contributed by atoms with Gasteiger partial charge in [0.2, 0.25) is 0 Å². The molecule has 5 heteroatoms. The Morgan fingerprint density at radius 2 is 2.14 bits per heavy atom. The molecule has 2 N–H and O–H groups in total. The molecular formula is C17H18N2O3. The highest BCUT2D eigenvalue weighted by Crippen LogP contribution is 2.23. The van der Waals surface area contributed by atoms with Gasteiger partial charge in [-0.05, 0) is 19.9 Å². The van der Waals surface area contributed by atoms with Crippen LogP contribution in [0.15, 0.2) is 24.3 Å². The lowest BCUT2D eigenvalue weighted by atomic mass is 10.1.